The molecule has 4 heterocycles. The molecule has 1 fully saturated rings. The van der Waals surface area contributed by atoms with Crippen molar-refractivity contribution in [3.8, 4) is 22.8 Å². The summed E-state index contributed by atoms with van der Waals surface area (Å²) in [7, 11) is 0. The number of pyridine rings is 2. The lowest BCUT2D eigenvalue weighted by atomic mass is 9.95. The predicted octanol–water partition coefficient (Wildman–Crippen LogP) is 5.37. The molecule has 0 amide bonds. The van der Waals surface area contributed by atoms with E-state index in [1.165, 1.54) is 6.07 Å². The molecule has 0 unspecified atom stereocenters. The van der Waals surface area contributed by atoms with Crippen molar-refractivity contribution in [3.63, 3.8) is 0 Å². The van der Waals surface area contributed by atoms with Gasteiger partial charge in [-0.25, -0.2) is 4.39 Å². The van der Waals surface area contributed by atoms with Gasteiger partial charge in [-0.2, -0.15) is 0 Å². The Morgan fingerprint density at radius 2 is 1.95 bits per heavy atom. The molecular weight excluding hydrogens is 495 g/mol. The number of fused-ring (bicyclic) bond motifs is 2. The van der Waals surface area contributed by atoms with E-state index in [1.807, 2.05) is 30.3 Å². The first kappa shape index (κ1) is 23.5. The van der Waals surface area contributed by atoms with Gasteiger partial charge in [0.2, 0.25) is 5.56 Å². The molecule has 2 aliphatic heterocycles. The van der Waals surface area contributed by atoms with Crippen molar-refractivity contribution in [2.45, 2.75) is 13.0 Å². The third-order valence-electron chi connectivity index (χ3n) is 6.60. The Kier molecular flexibility index (Phi) is 6.28. The highest BCUT2D eigenvalue weighted by atomic mass is 35.5. The monoisotopic (exact) mass is 518 g/mol. The molecule has 0 spiro atoms. The number of H-pyrrole nitrogens is 1. The molecule has 2 aromatic heterocycles. The van der Waals surface area contributed by atoms with Gasteiger partial charge in [-0.1, -0.05) is 11.6 Å². The minimum atomic E-state index is -0.348. The minimum Gasteiger partial charge on any atom is -0.456 e. The second-order valence-corrected chi connectivity index (χ2v) is 9.52. The molecule has 9 heteroatoms. The fraction of sp³-hybridized carbons (Fsp3) is 0.214. The molecule has 0 radical (unpaired) electrons. The average Bonchev–Trinajstić information content (AvgIpc) is 2.91. The summed E-state index contributed by atoms with van der Waals surface area (Å²) in [5, 5.41) is 3.94. The Hall–Kier alpha value is -3.88. The van der Waals surface area contributed by atoms with Crippen LogP contribution < -0.4 is 20.5 Å². The summed E-state index contributed by atoms with van der Waals surface area (Å²) in [5.41, 5.74) is 4.97. The molecular formula is C28H24ClFN4O3. The zero-order valence-electron chi connectivity index (χ0n) is 19.9. The Balaban J connectivity index is 1.29. The summed E-state index contributed by atoms with van der Waals surface area (Å²) >= 11 is 6.03. The molecule has 0 aliphatic carbocycles. The van der Waals surface area contributed by atoms with E-state index in [0.717, 1.165) is 22.5 Å². The van der Waals surface area contributed by atoms with Crippen LogP contribution in [-0.4, -0.2) is 36.3 Å². The molecule has 2 N–H and O–H groups in total. The first-order chi connectivity index (χ1) is 18.0. The Morgan fingerprint density at radius 1 is 1.08 bits per heavy atom. The van der Waals surface area contributed by atoms with Gasteiger partial charge in [0.15, 0.2) is 0 Å². The van der Waals surface area contributed by atoms with E-state index < -0.39 is 0 Å². The molecule has 37 heavy (non-hydrogen) atoms. The van der Waals surface area contributed by atoms with E-state index in [-0.39, 0.29) is 11.4 Å². The van der Waals surface area contributed by atoms with Crippen LogP contribution in [0.1, 0.15) is 16.7 Å². The first-order valence-electron chi connectivity index (χ1n) is 12.1. The van der Waals surface area contributed by atoms with Crippen LogP contribution in [0, 0.1) is 5.82 Å². The summed E-state index contributed by atoms with van der Waals surface area (Å²) in [6.07, 6.45) is 3.72. The SMILES string of the molecule is O=c1cc(N2CCOCC2)cc(-c2ccc(F)c3c2Oc2ccc(NCc4cncc(Cl)c4)cc2C3)[nH]1. The highest BCUT2D eigenvalue weighted by Gasteiger charge is 2.25. The molecule has 2 aromatic carbocycles. The number of rotatable bonds is 5. The molecule has 188 valence electrons. The van der Waals surface area contributed by atoms with Gasteiger partial charge >= 0.3 is 0 Å². The lowest BCUT2D eigenvalue weighted by Gasteiger charge is -2.29. The molecule has 4 aromatic rings. The summed E-state index contributed by atoms with van der Waals surface area (Å²) < 4.78 is 26.7. The second-order valence-electron chi connectivity index (χ2n) is 9.08. The van der Waals surface area contributed by atoms with Crippen molar-refractivity contribution in [1.82, 2.24) is 9.97 Å². The van der Waals surface area contributed by atoms with Crippen LogP contribution in [0.3, 0.4) is 0 Å². The third-order valence-corrected chi connectivity index (χ3v) is 6.80. The van der Waals surface area contributed by atoms with Gasteiger partial charge in [0.1, 0.15) is 17.3 Å². The summed E-state index contributed by atoms with van der Waals surface area (Å²) in [5.74, 6) is 0.730. The van der Waals surface area contributed by atoms with Crippen LogP contribution in [0.2, 0.25) is 5.02 Å². The van der Waals surface area contributed by atoms with Crippen molar-refractivity contribution >= 4 is 23.0 Å². The number of aromatic nitrogens is 2. The van der Waals surface area contributed by atoms with Crippen molar-refractivity contribution in [2.75, 3.05) is 36.5 Å². The van der Waals surface area contributed by atoms with Gasteiger partial charge in [-0.15, -0.1) is 0 Å². The molecule has 0 bridgehead atoms. The summed E-state index contributed by atoms with van der Waals surface area (Å²) in [6, 6.07) is 14.2. The number of nitrogens with zero attached hydrogens (tertiary/aromatic N) is 2. The number of nitrogens with one attached hydrogen (secondary N) is 2. The van der Waals surface area contributed by atoms with Gasteiger partial charge in [0.05, 0.1) is 23.9 Å². The van der Waals surface area contributed by atoms with E-state index in [9.17, 15) is 4.79 Å². The second kappa shape index (κ2) is 9.88. The van der Waals surface area contributed by atoms with E-state index in [1.54, 1.807) is 24.5 Å². The van der Waals surface area contributed by atoms with Crippen LogP contribution in [0.15, 0.2) is 65.7 Å². The maximum Gasteiger partial charge on any atom is 0.250 e. The van der Waals surface area contributed by atoms with Crippen LogP contribution in [0.4, 0.5) is 15.8 Å². The maximum atomic E-state index is 15.0. The van der Waals surface area contributed by atoms with Gasteiger partial charge in [0, 0.05) is 72.6 Å². The van der Waals surface area contributed by atoms with Crippen LogP contribution >= 0.6 is 11.6 Å². The maximum absolute atomic E-state index is 15.0. The quantitative estimate of drug-likeness (QED) is 0.325. The molecule has 6 rings (SSSR count). The number of morpholine rings is 1. The predicted molar refractivity (Wildman–Crippen MR) is 141 cm³/mol. The fourth-order valence-corrected chi connectivity index (χ4v) is 4.96. The lowest BCUT2D eigenvalue weighted by molar-refractivity contribution is 0.122. The Morgan fingerprint density at radius 3 is 2.78 bits per heavy atom. The number of hydrogen-bond acceptors (Lipinski definition) is 6. The minimum absolute atomic E-state index is 0.223. The van der Waals surface area contributed by atoms with Crippen LogP contribution in [0.25, 0.3) is 11.3 Å². The smallest absolute Gasteiger partial charge is 0.250 e. The molecule has 7 nitrogen and oxygen atoms in total. The summed E-state index contributed by atoms with van der Waals surface area (Å²) in [6.45, 7) is 3.19. The number of ether oxygens (including phenoxy) is 2. The normalized spacial score (nSPS) is 14.5. The number of benzene rings is 2. The van der Waals surface area contributed by atoms with Crippen LogP contribution in [-0.2, 0) is 17.7 Å². The van der Waals surface area contributed by atoms with E-state index >= 15 is 4.39 Å². The number of hydrogen-bond donors (Lipinski definition) is 2. The fourth-order valence-electron chi connectivity index (χ4n) is 4.76. The number of halogens is 2. The lowest BCUT2D eigenvalue weighted by Crippen LogP contribution is -2.36. The van der Waals surface area contributed by atoms with E-state index in [4.69, 9.17) is 21.1 Å². The highest BCUT2D eigenvalue weighted by molar-refractivity contribution is 6.30. The highest BCUT2D eigenvalue weighted by Crippen LogP contribution is 2.44. The topological polar surface area (TPSA) is 79.5 Å². The van der Waals surface area contributed by atoms with Crippen molar-refractivity contribution < 1.29 is 13.9 Å². The molecule has 0 saturated carbocycles. The zero-order chi connectivity index (χ0) is 25.4. The number of anilines is 2. The van der Waals surface area contributed by atoms with Gasteiger partial charge < -0.3 is 24.7 Å². The number of aromatic amines is 1. The standard InChI is InChI=1S/C28H24ClFN4O3/c29-19-9-17(14-31-16-19)15-32-20-1-4-26-18(10-20)11-23-24(30)3-2-22(28(23)37-26)25-12-21(13-27(35)33-25)34-5-7-36-8-6-34/h1-4,9-10,12-14,16,32H,5-8,11,15H2,(H,33,35). The van der Waals surface area contributed by atoms with Gasteiger partial charge in [0.25, 0.3) is 0 Å². The zero-order valence-corrected chi connectivity index (χ0v) is 20.6. The molecule has 1 saturated heterocycles. The Bertz CT molecular complexity index is 1530. The van der Waals surface area contributed by atoms with Crippen molar-refractivity contribution in [2.24, 2.45) is 0 Å². The van der Waals surface area contributed by atoms with E-state index in [2.05, 4.69) is 20.2 Å². The molecule has 0 atom stereocenters. The average molecular weight is 519 g/mol. The third kappa shape index (κ3) is 4.90. The van der Waals surface area contributed by atoms with Crippen molar-refractivity contribution in [1.29, 1.82) is 0 Å². The van der Waals surface area contributed by atoms with Gasteiger partial charge in [-0.3, -0.25) is 9.78 Å². The van der Waals surface area contributed by atoms with Gasteiger partial charge in [-0.05, 0) is 48.0 Å². The largest absolute Gasteiger partial charge is 0.456 e. The van der Waals surface area contributed by atoms with Crippen LogP contribution in [0.5, 0.6) is 11.5 Å². The first-order valence-corrected chi connectivity index (χ1v) is 12.4. The Labute approximate surface area is 217 Å². The van der Waals surface area contributed by atoms with Crippen molar-refractivity contribution in [3.05, 3.63) is 98.8 Å². The molecule has 2 aliphatic rings. The summed E-state index contributed by atoms with van der Waals surface area (Å²) in [4.78, 5) is 21.7. The van der Waals surface area contributed by atoms with E-state index in [0.29, 0.717) is 72.6 Å².